The van der Waals surface area contributed by atoms with Crippen LogP contribution in [-0.4, -0.2) is 55.3 Å². The molecule has 29 heavy (non-hydrogen) atoms. The average Bonchev–Trinajstić information content (AvgIpc) is 2.67. The third-order valence-electron chi connectivity index (χ3n) is 4.68. The zero-order valence-electron chi connectivity index (χ0n) is 15.8. The summed E-state index contributed by atoms with van der Waals surface area (Å²) in [6.07, 6.45) is -4.85. The highest BCUT2D eigenvalue weighted by Crippen LogP contribution is 2.31. The van der Waals surface area contributed by atoms with Gasteiger partial charge in [-0.05, 0) is 35.9 Å². The van der Waals surface area contributed by atoms with E-state index in [9.17, 15) is 22.4 Å². The lowest BCUT2D eigenvalue weighted by atomic mass is 10.1. The van der Waals surface area contributed by atoms with Crippen molar-refractivity contribution in [1.82, 2.24) is 9.80 Å². The molecule has 1 N–H and O–H groups in total. The molecule has 1 saturated heterocycles. The van der Waals surface area contributed by atoms with Crippen molar-refractivity contribution < 1.29 is 27.1 Å². The Balaban J connectivity index is 1.63. The number of piperazine rings is 1. The highest BCUT2D eigenvalue weighted by Gasteiger charge is 2.33. The van der Waals surface area contributed by atoms with Crippen LogP contribution < -0.4 is 10.1 Å². The molecule has 0 spiro atoms. The van der Waals surface area contributed by atoms with Crippen molar-refractivity contribution >= 4 is 11.6 Å². The van der Waals surface area contributed by atoms with Crippen LogP contribution in [0.4, 0.5) is 23.2 Å². The number of carbonyl (C=O) groups excluding carboxylic acids is 1. The molecule has 2 aromatic rings. The summed E-state index contributed by atoms with van der Waals surface area (Å²) in [6, 6.07) is 10.3. The summed E-state index contributed by atoms with van der Waals surface area (Å²) in [7, 11) is 1.47. The van der Waals surface area contributed by atoms with E-state index in [4.69, 9.17) is 0 Å². The molecule has 2 aromatic carbocycles. The van der Waals surface area contributed by atoms with Crippen molar-refractivity contribution in [2.75, 3.05) is 38.5 Å². The lowest BCUT2D eigenvalue weighted by molar-refractivity contribution is -0.274. The predicted octanol–water partition coefficient (Wildman–Crippen LogP) is 3.72. The molecule has 0 bridgehead atoms. The molecule has 1 heterocycles. The minimum atomic E-state index is -4.85. The Morgan fingerprint density at radius 1 is 1.10 bits per heavy atom. The first-order valence-corrected chi connectivity index (χ1v) is 9.09. The van der Waals surface area contributed by atoms with Crippen molar-refractivity contribution in [3.05, 3.63) is 59.4 Å². The number of hydrogen-bond donors (Lipinski definition) is 1. The van der Waals surface area contributed by atoms with Crippen molar-refractivity contribution in [2.45, 2.75) is 12.9 Å². The van der Waals surface area contributed by atoms with E-state index in [1.807, 2.05) is 6.07 Å². The number of halogens is 4. The molecule has 156 valence electrons. The first-order valence-electron chi connectivity index (χ1n) is 9.09. The zero-order chi connectivity index (χ0) is 21.0. The summed E-state index contributed by atoms with van der Waals surface area (Å²) in [4.78, 5) is 16.4. The Morgan fingerprint density at radius 2 is 1.83 bits per heavy atom. The van der Waals surface area contributed by atoms with Gasteiger partial charge in [0.15, 0.2) is 5.75 Å². The minimum absolute atomic E-state index is 0.127. The van der Waals surface area contributed by atoms with E-state index in [-0.39, 0.29) is 23.0 Å². The molecule has 0 aromatic heterocycles. The van der Waals surface area contributed by atoms with E-state index in [1.165, 1.54) is 31.3 Å². The fourth-order valence-electron chi connectivity index (χ4n) is 3.26. The Hall–Kier alpha value is -2.81. The van der Waals surface area contributed by atoms with Gasteiger partial charge in [0.05, 0.1) is 5.69 Å². The Morgan fingerprint density at radius 3 is 2.45 bits per heavy atom. The summed E-state index contributed by atoms with van der Waals surface area (Å²) in [5.74, 6) is -1.10. The number of anilines is 1. The van der Waals surface area contributed by atoms with Crippen LogP contribution in [0, 0.1) is 5.82 Å². The average molecular weight is 411 g/mol. The molecule has 0 atom stereocenters. The molecule has 5 nitrogen and oxygen atoms in total. The highest BCUT2D eigenvalue weighted by molar-refractivity contribution is 5.95. The Bertz CT molecular complexity index is 865. The van der Waals surface area contributed by atoms with E-state index in [0.717, 1.165) is 11.6 Å². The lowest BCUT2D eigenvalue weighted by Crippen LogP contribution is -2.48. The molecule has 9 heteroatoms. The Kier molecular flexibility index (Phi) is 6.26. The number of nitrogens with one attached hydrogen (secondary N) is 1. The van der Waals surface area contributed by atoms with Gasteiger partial charge in [0, 0.05) is 45.3 Å². The number of alkyl halides is 3. The maximum Gasteiger partial charge on any atom is 0.573 e. The maximum absolute atomic E-state index is 13.3. The van der Waals surface area contributed by atoms with Gasteiger partial charge < -0.3 is 15.0 Å². The molecule has 0 aliphatic carbocycles. The summed E-state index contributed by atoms with van der Waals surface area (Å²) < 4.78 is 55.2. The third kappa shape index (κ3) is 5.60. The second kappa shape index (κ2) is 8.69. The normalized spacial score (nSPS) is 15.3. The van der Waals surface area contributed by atoms with Crippen LogP contribution in [-0.2, 0) is 6.54 Å². The molecule has 0 saturated carbocycles. The standard InChI is InChI=1S/C20H21F4N3O2/c1-25-17-6-5-15(12-18(17)29-20(22,23)24)19(28)27-9-7-26(8-10-27)13-14-3-2-4-16(21)11-14/h2-6,11-12,25H,7-10,13H2,1H3. The van der Waals surface area contributed by atoms with E-state index in [1.54, 1.807) is 11.0 Å². The number of amides is 1. The van der Waals surface area contributed by atoms with Crippen LogP contribution in [0.2, 0.25) is 0 Å². The first-order chi connectivity index (χ1) is 13.7. The summed E-state index contributed by atoms with van der Waals surface area (Å²) >= 11 is 0. The van der Waals surface area contributed by atoms with Crippen LogP contribution in [0.5, 0.6) is 5.75 Å². The highest BCUT2D eigenvalue weighted by atomic mass is 19.4. The van der Waals surface area contributed by atoms with Crippen molar-refractivity contribution in [1.29, 1.82) is 0 Å². The van der Waals surface area contributed by atoms with Gasteiger partial charge in [-0.3, -0.25) is 9.69 Å². The molecule has 1 aliphatic rings. The van der Waals surface area contributed by atoms with Crippen LogP contribution in [0.3, 0.4) is 0 Å². The van der Waals surface area contributed by atoms with Crippen LogP contribution in [0.1, 0.15) is 15.9 Å². The third-order valence-corrected chi connectivity index (χ3v) is 4.68. The minimum Gasteiger partial charge on any atom is -0.404 e. The number of nitrogens with zero attached hydrogens (tertiary/aromatic N) is 2. The topological polar surface area (TPSA) is 44.8 Å². The molecule has 1 aliphatic heterocycles. The molecule has 0 unspecified atom stereocenters. The predicted molar refractivity (Wildman–Crippen MR) is 100 cm³/mol. The monoisotopic (exact) mass is 411 g/mol. The molecular weight excluding hydrogens is 390 g/mol. The lowest BCUT2D eigenvalue weighted by Gasteiger charge is -2.35. The van der Waals surface area contributed by atoms with Crippen molar-refractivity contribution in [3.63, 3.8) is 0 Å². The quantitative estimate of drug-likeness (QED) is 0.762. The van der Waals surface area contributed by atoms with Gasteiger partial charge in [0.1, 0.15) is 5.82 Å². The molecule has 0 radical (unpaired) electrons. The second-order valence-electron chi connectivity index (χ2n) is 6.71. The Labute approximate surface area is 165 Å². The van der Waals surface area contributed by atoms with Gasteiger partial charge in [0.25, 0.3) is 5.91 Å². The second-order valence-corrected chi connectivity index (χ2v) is 6.71. The number of benzene rings is 2. The number of hydrogen-bond acceptors (Lipinski definition) is 4. The van der Waals surface area contributed by atoms with E-state index < -0.39 is 12.1 Å². The largest absolute Gasteiger partial charge is 0.573 e. The molecule has 1 fully saturated rings. The van der Waals surface area contributed by atoms with Crippen molar-refractivity contribution in [3.8, 4) is 5.75 Å². The fraction of sp³-hybridized carbons (Fsp3) is 0.350. The van der Waals surface area contributed by atoms with Crippen LogP contribution >= 0.6 is 0 Å². The van der Waals surface area contributed by atoms with Gasteiger partial charge >= 0.3 is 6.36 Å². The van der Waals surface area contributed by atoms with Gasteiger partial charge in [-0.15, -0.1) is 13.2 Å². The van der Waals surface area contributed by atoms with Gasteiger partial charge in [-0.1, -0.05) is 12.1 Å². The number of carbonyl (C=O) groups is 1. The van der Waals surface area contributed by atoms with Crippen LogP contribution in [0.15, 0.2) is 42.5 Å². The summed E-state index contributed by atoms with van der Waals surface area (Å²) in [6.45, 7) is 2.60. The van der Waals surface area contributed by atoms with Gasteiger partial charge in [-0.25, -0.2) is 4.39 Å². The first kappa shape index (κ1) is 20.9. The molecular formula is C20H21F4N3O2. The van der Waals surface area contributed by atoms with E-state index >= 15 is 0 Å². The van der Waals surface area contributed by atoms with E-state index in [2.05, 4.69) is 15.0 Å². The molecule has 3 rings (SSSR count). The summed E-state index contributed by atoms with van der Waals surface area (Å²) in [5, 5.41) is 2.61. The molecule has 1 amide bonds. The number of rotatable bonds is 5. The van der Waals surface area contributed by atoms with Gasteiger partial charge in [0.2, 0.25) is 0 Å². The SMILES string of the molecule is CNc1ccc(C(=O)N2CCN(Cc3cccc(F)c3)CC2)cc1OC(F)(F)F. The van der Waals surface area contributed by atoms with Crippen molar-refractivity contribution in [2.24, 2.45) is 0 Å². The fourth-order valence-corrected chi connectivity index (χ4v) is 3.26. The van der Waals surface area contributed by atoms with Gasteiger partial charge in [-0.2, -0.15) is 0 Å². The van der Waals surface area contributed by atoms with Crippen LogP contribution in [0.25, 0.3) is 0 Å². The van der Waals surface area contributed by atoms with E-state index in [0.29, 0.717) is 32.7 Å². The maximum atomic E-state index is 13.3. The zero-order valence-corrected chi connectivity index (χ0v) is 15.8. The summed E-state index contributed by atoms with van der Waals surface area (Å²) in [5.41, 5.74) is 1.11. The smallest absolute Gasteiger partial charge is 0.404 e. The number of ether oxygens (including phenoxy) is 1.